The van der Waals surface area contributed by atoms with Crippen LogP contribution in [0.5, 0.6) is 0 Å². The van der Waals surface area contributed by atoms with E-state index >= 15 is 0 Å². The van der Waals surface area contributed by atoms with Crippen LogP contribution in [0.15, 0.2) is 59.7 Å². The Bertz CT molecular complexity index is 801. The summed E-state index contributed by atoms with van der Waals surface area (Å²) in [7, 11) is 0. The SMILES string of the molecule is Clc1ccc(N/N=C/c2sc(Nc3ccccc3)nc2Cl)cc1. The third-order valence-electron chi connectivity index (χ3n) is 2.85. The molecule has 0 aliphatic carbocycles. The summed E-state index contributed by atoms with van der Waals surface area (Å²) >= 11 is 13.4. The molecule has 0 unspecified atom stereocenters. The van der Waals surface area contributed by atoms with Gasteiger partial charge in [-0.25, -0.2) is 4.98 Å². The molecular formula is C16H12Cl2N4S. The van der Waals surface area contributed by atoms with Crippen molar-refractivity contribution in [2.45, 2.75) is 0 Å². The maximum atomic E-state index is 6.14. The van der Waals surface area contributed by atoms with E-state index in [9.17, 15) is 0 Å². The Morgan fingerprint density at radius 1 is 0.957 bits per heavy atom. The van der Waals surface area contributed by atoms with Crippen LogP contribution in [0.2, 0.25) is 10.2 Å². The van der Waals surface area contributed by atoms with E-state index in [2.05, 4.69) is 20.8 Å². The average Bonchev–Trinajstić information content (AvgIpc) is 2.90. The largest absolute Gasteiger partial charge is 0.331 e. The summed E-state index contributed by atoms with van der Waals surface area (Å²) in [5.41, 5.74) is 4.72. The molecule has 23 heavy (non-hydrogen) atoms. The molecule has 0 aliphatic heterocycles. The molecule has 1 heterocycles. The fourth-order valence-electron chi connectivity index (χ4n) is 1.78. The lowest BCUT2D eigenvalue weighted by Gasteiger charge is -2.00. The van der Waals surface area contributed by atoms with Crippen molar-refractivity contribution in [3.63, 3.8) is 0 Å². The van der Waals surface area contributed by atoms with Crippen molar-refractivity contribution < 1.29 is 0 Å². The highest BCUT2D eigenvalue weighted by atomic mass is 35.5. The van der Waals surface area contributed by atoms with Crippen LogP contribution in [0.3, 0.4) is 0 Å². The first-order valence-corrected chi connectivity index (χ1v) is 8.31. The number of thiazole rings is 1. The van der Waals surface area contributed by atoms with Crippen molar-refractivity contribution in [1.82, 2.24) is 4.98 Å². The molecule has 0 bridgehead atoms. The Labute approximate surface area is 147 Å². The van der Waals surface area contributed by atoms with Crippen LogP contribution in [0.25, 0.3) is 0 Å². The number of hydrogen-bond donors (Lipinski definition) is 2. The third kappa shape index (κ3) is 4.45. The molecule has 3 aromatic rings. The van der Waals surface area contributed by atoms with Gasteiger partial charge in [-0.15, -0.1) is 0 Å². The minimum Gasteiger partial charge on any atom is -0.331 e. The average molecular weight is 363 g/mol. The molecule has 116 valence electrons. The minimum absolute atomic E-state index is 0.412. The Hall–Kier alpha value is -2.08. The van der Waals surface area contributed by atoms with Crippen molar-refractivity contribution in [3.05, 3.63) is 69.7 Å². The number of hydrogen-bond acceptors (Lipinski definition) is 5. The molecule has 1 aromatic heterocycles. The first kappa shape index (κ1) is 15.8. The van der Waals surface area contributed by atoms with Gasteiger partial charge in [0.05, 0.1) is 16.8 Å². The number of hydrazone groups is 1. The molecule has 0 fully saturated rings. The first-order valence-electron chi connectivity index (χ1n) is 6.74. The van der Waals surface area contributed by atoms with Crippen LogP contribution < -0.4 is 10.7 Å². The number of nitrogens with zero attached hydrogens (tertiary/aromatic N) is 2. The van der Waals surface area contributed by atoms with E-state index < -0.39 is 0 Å². The van der Waals surface area contributed by atoms with Gasteiger partial charge in [-0.2, -0.15) is 5.10 Å². The van der Waals surface area contributed by atoms with Crippen LogP contribution in [-0.4, -0.2) is 11.2 Å². The highest BCUT2D eigenvalue weighted by Gasteiger charge is 2.07. The monoisotopic (exact) mass is 362 g/mol. The van der Waals surface area contributed by atoms with Crippen LogP contribution in [-0.2, 0) is 0 Å². The number of anilines is 3. The van der Waals surface area contributed by atoms with Crippen molar-refractivity contribution in [3.8, 4) is 0 Å². The zero-order valence-electron chi connectivity index (χ0n) is 11.8. The van der Waals surface area contributed by atoms with Gasteiger partial charge in [-0.3, -0.25) is 5.43 Å². The first-order chi connectivity index (χ1) is 11.2. The fraction of sp³-hybridized carbons (Fsp3) is 0. The normalized spacial score (nSPS) is 10.9. The van der Waals surface area contributed by atoms with Crippen LogP contribution in [0, 0.1) is 0 Å². The standard InChI is InChI=1S/C16H12Cl2N4S/c17-11-6-8-13(9-7-11)22-19-10-14-15(18)21-16(23-14)20-12-4-2-1-3-5-12/h1-10,22H,(H,20,21)/b19-10+. The topological polar surface area (TPSA) is 49.3 Å². The second kappa shape index (κ2) is 7.46. The van der Waals surface area contributed by atoms with E-state index in [1.54, 1.807) is 18.3 Å². The zero-order valence-corrected chi connectivity index (χ0v) is 14.2. The molecule has 2 aromatic carbocycles. The molecular weight excluding hydrogens is 351 g/mol. The number of aromatic nitrogens is 1. The van der Waals surface area contributed by atoms with Gasteiger partial charge in [0.2, 0.25) is 0 Å². The predicted molar refractivity (Wildman–Crippen MR) is 99.5 cm³/mol. The molecule has 0 aliphatic rings. The lowest BCUT2D eigenvalue weighted by molar-refractivity contribution is 1.35. The molecule has 0 radical (unpaired) electrons. The van der Waals surface area contributed by atoms with Crippen LogP contribution in [0.1, 0.15) is 4.88 Å². The van der Waals surface area contributed by atoms with E-state index in [0.29, 0.717) is 15.3 Å². The summed E-state index contributed by atoms with van der Waals surface area (Å²) in [6.45, 7) is 0. The highest BCUT2D eigenvalue weighted by molar-refractivity contribution is 7.17. The number of rotatable bonds is 5. The van der Waals surface area contributed by atoms with Gasteiger partial charge in [-0.1, -0.05) is 52.7 Å². The van der Waals surface area contributed by atoms with E-state index in [4.69, 9.17) is 23.2 Å². The summed E-state index contributed by atoms with van der Waals surface area (Å²) in [6, 6.07) is 17.1. The minimum atomic E-state index is 0.412. The Morgan fingerprint density at radius 2 is 1.70 bits per heavy atom. The van der Waals surface area contributed by atoms with Crippen LogP contribution in [0.4, 0.5) is 16.5 Å². The third-order valence-corrected chi connectivity index (χ3v) is 4.41. The summed E-state index contributed by atoms with van der Waals surface area (Å²) in [4.78, 5) is 5.05. The van der Waals surface area contributed by atoms with Gasteiger partial charge in [0.1, 0.15) is 0 Å². The number of benzene rings is 2. The second-order valence-electron chi connectivity index (χ2n) is 4.54. The van der Waals surface area contributed by atoms with Crippen molar-refractivity contribution >= 4 is 57.3 Å². The van der Waals surface area contributed by atoms with Gasteiger partial charge < -0.3 is 5.32 Å². The van der Waals surface area contributed by atoms with Gasteiger partial charge in [0.25, 0.3) is 0 Å². The lowest BCUT2D eigenvalue weighted by Crippen LogP contribution is -1.89. The van der Waals surface area contributed by atoms with Crippen LogP contribution >= 0.6 is 34.5 Å². The van der Waals surface area contributed by atoms with Crippen molar-refractivity contribution in [1.29, 1.82) is 0 Å². The number of halogens is 2. The molecule has 0 amide bonds. The van der Waals surface area contributed by atoms with Gasteiger partial charge in [-0.05, 0) is 36.4 Å². The molecule has 0 spiro atoms. The summed E-state index contributed by atoms with van der Waals surface area (Å²) in [6.07, 6.45) is 1.64. The fourth-order valence-corrected chi connectivity index (χ4v) is 2.96. The maximum absolute atomic E-state index is 6.14. The van der Waals surface area contributed by atoms with Gasteiger partial charge in [0, 0.05) is 10.7 Å². The maximum Gasteiger partial charge on any atom is 0.189 e. The van der Waals surface area contributed by atoms with Gasteiger partial charge >= 0.3 is 0 Å². The summed E-state index contributed by atoms with van der Waals surface area (Å²) in [5, 5.41) is 9.18. The molecule has 0 atom stereocenters. The van der Waals surface area contributed by atoms with E-state index in [1.165, 1.54) is 11.3 Å². The smallest absolute Gasteiger partial charge is 0.189 e. The molecule has 2 N–H and O–H groups in total. The number of nitrogens with one attached hydrogen (secondary N) is 2. The van der Waals surface area contributed by atoms with E-state index in [0.717, 1.165) is 16.3 Å². The van der Waals surface area contributed by atoms with Crippen molar-refractivity contribution in [2.24, 2.45) is 5.10 Å². The van der Waals surface area contributed by atoms with E-state index in [1.807, 2.05) is 42.5 Å². The Kier molecular flexibility index (Phi) is 5.12. The second-order valence-corrected chi connectivity index (χ2v) is 6.37. The lowest BCUT2D eigenvalue weighted by atomic mass is 10.3. The quantitative estimate of drug-likeness (QED) is 0.456. The number of para-hydroxylation sites is 1. The van der Waals surface area contributed by atoms with Crippen molar-refractivity contribution in [2.75, 3.05) is 10.7 Å². The van der Waals surface area contributed by atoms with Gasteiger partial charge in [0.15, 0.2) is 10.3 Å². The molecule has 3 rings (SSSR count). The summed E-state index contributed by atoms with van der Waals surface area (Å²) in [5.74, 6) is 0. The molecule has 7 heteroatoms. The summed E-state index contributed by atoms with van der Waals surface area (Å²) < 4.78 is 0. The highest BCUT2D eigenvalue weighted by Crippen LogP contribution is 2.27. The molecule has 0 saturated carbocycles. The van der Waals surface area contributed by atoms with E-state index in [-0.39, 0.29) is 0 Å². The Morgan fingerprint density at radius 3 is 2.43 bits per heavy atom. The zero-order chi connectivity index (χ0) is 16.1. The molecule has 0 saturated heterocycles. The Balaban J connectivity index is 1.66. The molecule has 4 nitrogen and oxygen atoms in total. The predicted octanol–water partition coefficient (Wildman–Crippen LogP) is 5.64.